The summed E-state index contributed by atoms with van der Waals surface area (Å²) in [6.45, 7) is 0.293. The van der Waals surface area contributed by atoms with Crippen LogP contribution in [0.3, 0.4) is 0 Å². The van der Waals surface area contributed by atoms with Crippen LogP contribution >= 0.6 is 0 Å². The van der Waals surface area contributed by atoms with Gasteiger partial charge in [0.25, 0.3) is 0 Å². The van der Waals surface area contributed by atoms with Crippen molar-refractivity contribution in [1.82, 2.24) is 24.5 Å². The van der Waals surface area contributed by atoms with Gasteiger partial charge < -0.3 is 5.11 Å². The molecule has 0 saturated carbocycles. The largest absolute Gasteiger partial charge is 0.477 e. The van der Waals surface area contributed by atoms with E-state index in [9.17, 15) is 14.0 Å². The average molecular weight is 358 g/mol. The number of amides is 1. The molecule has 0 radical (unpaired) electrons. The van der Waals surface area contributed by atoms with E-state index in [-0.39, 0.29) is 42.9 Å². The molecule has 1 amide bonds. The van der Waals surface area contributed by atoms with Gasteiger partial charge in [-0.05, 0) is 12.1 Å². The van der Waals surface area contributed by atoms with Crippen molar-refractivity contribution in [3.05, 3.63) is 59.9 Å². The quantitative estimate of drug-likeness (QED) is 0.659. The number of halogens is 1. The molecular weight excluding hydrogens is 343 g/mol. The number of anilines is 1. The number of hydrogen-bond acceptors (Lipinski definition) is 5. The Hall–Kier alpha value is -3.56. The summed E-state index contributed by atoms with van der Waals surface area (Å²) < 4.78 is 16.3. The van der Waals surface area contributed by atoms with Crippen LogP contribution in [0.25, 0.3) is 0 Å². The summed E-state index contributed by atoms with van der Waals surface area (Å²) >= 11 is 0. The van der Waals surface area contributed by atoms with Crippen molar-refractivity contribution in [2.75, 3.05) is 5.32 Å². The maximum Gasteiger partial charge on any atom is 0.354 e. The zero-order chi connectivity index (χ0) is 18.5. The number of carboxylic acids is 1. The van der Waals surface area contributed by atoms with Crippen molar-refractivity contribution in [2.24, 2.45) is 0 Å². The highest BCUT2D eigenvalue weighted by atomic mass is 19.1. The lowest BCUT2D eigenvalue weighted by Gasteiger charge is -2.04. The molecule has 3 aromatic rings. The summed E-state index contributed by atoms with van der Waals surface area (Å²) in [6.07, 6.45) is 2.75. The van der Waals surface area contributed by atoms with E-state index < -0.39 is 5.97 Å². The first kappa shape index (κ1) is 17.3. The molecule has 26 heavy (non-hydrogen) atoms. The zero-order valence-corrected chi connectivity index (χ0v) is 13.5. The van der Waals surface area contributed by atoms with E-state index in [0.29, 0.717) is 5.56 Å². The molecule has 2 aromatic heterocycles. The van der Waals surface area contributed by atoms with Crippen molar-refractivity contribution in [1.29, 1.82) is 0 Å². The number of carbonyl (C=O) groups is 2. The molecule has 2 heterocycles. The molecule has 0 spiro atoms. The fourth-order valence-corrected chi connectivity index (χ4v) is 2.32. The Morgan fingerprint density at radius 2 is 2.04 bits per heavy atom. The van der Waals surface area contributed by atoms with Crippen molar-refractivity contribution in [2.45, 2.75) is 19.5 Å². The van der Waals surface area contributed by atoms with Gasteiger partial charge in [0.15, 0.2) is 0 Å². The molecule has 0 bridgehead atoms. The number of benzene rings is 1. The van der Waals surface area contributed by atoms with E-state index in [2.05, 4.69) is 20.5 Å². The first-order valence-corrected chi connectivity index (χ1v) is 7.71. The first-order chi connectivity index (χ1) is 12.5. The van der Waals surface area contributed by atoms with Gasteiger partial charge in [0.05, 0.1) is 13.1 Å². The van der Waals surface area contributed by atoms with Crippen LogP contribution in [0, 0.1) is 5.82 Å². The lowest BCUT2D eigenvalue weighted by atomic mass is 10.2. The molecule has 0 fully saturated rings. The van der Waals surface area contributed by atoms with E-state index in [1.54, 1.807) is 18.2 Å². The zero-order valence-electron chi connectivity index (χ0n) is 13.5. The van der Waals surface area contributed by atoms with E-state index in [0.717, 1.165) is 0 Å². The Morgan fingerprint density at radius 3 is 2.81 bits per heavy atom. The van der Waals surface area contributed by atoms with Gasteiger partial charge in [0, 0.05) is 18.2 Å². The van der Waals surface area contributed by atoms with Crippen molar-refractivity contribution in [3.8, 4) is 0 Å². The predicted octanol–water partition coefficient (Wildman–Crippen LogP) is 1.39. The Kier molecular flexibility index (Phi) is 5.02. The summed E-state index contributed by atoms with van der Waals surface area (Å²) in [6, 6.07) is 7.67. The topological polar surface area (TPSA) is 115 Å². The van der Waals surface area contributed by atoms with Crippen LogP contribution in [-0.2, 0) is 17.9 Å². The number of carboxylic acid groups (broad SMARTS) is 1. The van der Waals surface area contributed by atoms with Crippen molar-refractivity contribution < 1.29 is 19.1 Å². The standard InChI is InChI=1S/C16H15FN6O3/c17-12-4-2-1-3-11(12)9-22-10-18-16(21-22)20-14(24)6-8-23-13(15(25)26)5-7-19-23/h1-5,7,10H,6,8-9H2,(H,25,26)(H,20,21,24). The highest BCUT2D eigenvalue weighted by Crippen LogP contribution is 2.09. The molecule has 134 valence electrons. The van der Waals surface area contributed by atoms with Gasteiger partial charge in [0.2, 0.25) is 11.9 Å². The fourth-order valence-electron chi connectivity index (χ4n) is 2.32. The normalized spacial score (nSPS) is 10.7. The molecule has 0 aliphatic carbocycles. The monoisotopic (exact) mass is 358 g/mol. The lowest BCUT2D eigenvalue weighted by molar-refractivity contribution is -0.116. The SMILES string of the molecule is O=C(CCn1nccc1C(=O)O)Nc1ncn(Cc2ccccc2F)n1. The van der Waals surface area contributed by atoms with Gasteiger partial charge in [0.1, 0.15) is 17.8 Å². The summed E-state index contributed by atoms with van der Waals surface area (Å²) in [5.74, 6) is -1.76. The fraction of sp³-hybridized carbons (Fsp3) is 0.188. The highest BCUT2D eigenvalue weighted by molar-refractivity contribution is 5.89. The van der Waals surface area contributed by atoms with Gasteiger partial charge in [-0.2, -0.15) is 5.10 Å². The van der Waals surface area contributed by atoms with Crippen LogP contribution < -0.4 is 5.32 Å². The third kappa shape index (κ3) is 4.09. The van der Waals surface area contributed by atoms with E-state index in [1.807, 2.05) is 0 Å². The Balaban J connectivity index is 1.55. The van der Waals surface area contributed by atoms with E-state index in [1.165, 1.54) is 34.0 Å². The van der Waals surface area contributed by atoms with Gasteiger partial charge in [-0.25, -0.2) is 18.9 Å². The van der Waals surface area contributed by atoms with Crippen LogP contribution in [0.2, 0.25) is 0 Å². The minimum Gasteiger partial charge on any atom is -0.477 e. The minimum atomic E-state index is -1.11. The van der Waals surface area contributed by atoms with Crippen LogP contribution in [0.1, 0.15) is 22.5 Å². The molecule has 9 nitrogen and oxygen atoms in total. The third-order valence-electron chi connectivity index (χ3n) is 3.56. The van der Waals surface area contributed by atoms with Crippen LogP contribution in [0.15, 0.2) is 42.9 Å². The number of carbonyl (C=O) groups excluding carboxylic acids is 1. The number of aromatic carboxylic acids is 1. The molecule has 1 aromatic carbocycles. The summed E-state index contributed by atoms with van der Waals surface area (Å²) in [4.78, 5) is 26.9. The van der Waals surface area contributed by atoms with Crippen molar-refractivity contribution in [3.63, 3.8) is 0 Å². The number of aromatic nitrogens is 5. The average Bonchev–Trinajstić information content (AvgIpc) is 3.24. The first-order valence-electron chi connectivity index (χ1n) is 7.71. The Labute approximate surface area is 147 Å². The van der Waals surface area contributed by atoms with E-state index >= 15 is 0 Å². The summed E-state index contributed by atoms with van der Waals surface area (Å²) in [7, 11) is 0. The molecule has 0 aliphatic heterocycles. The minimum absolute atomic E-state index is 0.00378. The molecule has 10 heteroatoms. The number of nitrogens with zero attached hydrogens (tertiary/aromatic N) is 5. The Bertz CT molecular complexity index is 935. The molecule has 0 atom stereocenters. The van der Waals surface area contributed by atoms with Gasteiger partial charge in [-0.1, -0.05) is 18.2 Å². The Morgan fingerprint density at radius 1 is 1.23 bits per heavy atom. The summed E-state index contributed by atoms with van der Waals surface area (Å²) in [5.41, 5.74) is 0.459. The van der Waals surface area contributed by atoms with E-state index in [4.69, 9.17) is 5.11 Å². The second kappa shape index (κ2) is 7.55. The maximum absolute atomic E-state index is 13.6. The highest BCUT2D eigenvalue weighted by Gasteiger charge is 2.12. The molecule has 0 unspecified atom stereocenters. The molecule has 2 N–H and O–H groups in total. The van der Waals surface area contributed by atoms with Crippen LogP contribution in [0.4, 0.5) is 10.3 Å². The van der Waals surface area contributed by atoms with Gasteiger partial charge in [-0.15, -0.1) is 5.10 Å². The summed E-state index contributed by atoms with van der Waals surface area (Å²) in [5, 5.41) is 19.4. The third-order valence-corrected chi connectivity index (χ3v) is 3.56. The molecular formula is C16H15FN6O3. The molecule has 0 saturated heterocycles. The lowest BCUT2D eigenvalue weighted by Crippen LogP contribution is -2.18. The molecule has 0 aliphatic rings. The number of nitrogens with one attached hydrogen (secondary N) is 1. The van der Waals surface area contributed by atoms with Gasteiger partial charge in [-0.3, -0.25) is 14.8 Å². The van der Waals surface area contributed by atoms with Gasteiger partial charge >= 0.3 is 5.97 Å². The molecule has 3 rings (SSSR count). The van der Waals surface area contributed by atoms with Crippen molar-refractivity contribution >= 4 is 17.8 Å². The van der Waals surface area contributed by atoms with Crippen LogP contribution in [0.5, 0.6) is 0 Å². The number of rotatable bonds is 7. The second-order valence-corrected chi connectivity index (χ2v) is 5.40. The number of hydrogen-bond donors (Lipinski definition) is 2. The smallest absolute Gasteiger partial charge is 0.354 e. The maximum atomic E-state index is 13.6. The predicted molar refractivity (Wildman–Crippen MR) is 88.0 cm³/mol. The second-order valence-electron chi connectivity index (χ2n) is 5.40. The number of aryl methyl sites for hydroxylation is 1. The van der Waals surface area contributed by atoms with Crippen LogP contribution in [-0.4, -0.2) is 41.5 Å².